The summed E-state index contributed by atoms with van der Waals surface area (Å²) in [5.74, 6) is 0.694. The average Bonchev–Trinajstić information content (AvgIpc) is 1.67. The molecule has 0 heterocycles. The third-order valence-electron chi connectivity index (χ3n) is 1.64. The molecule has 0 aromatic rings. The molecule has 1 heteroatoms. The van der Waals surface area contributed by atoms with Gasteiger partial charge in [-0.25, -0.2) is 0 Å². The van der Waals surface area contributed by atoms with Gasteiger partial charge in [-0.2, -0.15) is 0 Å². The maximum Gasteiger partial charge on any atom is 0.00361 e. The summed E-state index contributed by atoms with van der Waals surface area (Å²) < 4.78 is 0. The number of hydrogen-bond acceptors (Lipinski definition) is 1. The zero-order valence-corrected chi connectivity index (χ0v) is 6.15. The summed E-state index contributed by atoms with van der Waals surface area (Å²) in [6.45, 7) is 6.47. The van der Waals surface area contributed by atoms with Gasteiger partial charge >= 0.3 is 0 Å². The van der Waals surface area contributed by atoms with Crippen LogP contribution in [0.15, 0.2) is 0 Å². The first kappa shape index (κ1) is 7.96. The molecule has 1 unspecified atom stereocenters. The van der Waals surface area contributed by atoms with Crippen molar-refractivity contribution in [2.45, 2.75) is 39.7 Å². The SMILES string of the molecule is CCCC(C)[C@H](C)N. The van der Waals surface area contributed by atoms with Gasteiger partial charge in [-0.05, 0) is 19.3 Å². The van der Waals surface area contributed by atoms with Crippen molar-refractivity contribution in [3.8, 4) is 0 Å². The Bertz CT molecular complexity index is 50.3. The van der Waals surface area contributed by atoms with Gasteiger partial charge in [0.1, 0.15) is 0 Å². The van der Waals surface area contributed by atoms with Crippen molar-refractivity contribution in [3.05, 3.63) is 0 Å². The fraction of sp³-hybridized carbons (Fsp3) is 1.00. The Hall–Kier alpha value is -0.0400. The predicted octanol–water partition coefficient (Wildman–Crippen LogP) is 1.77. The van der Waals surface area contributed by atoms with E-state index in [1.807, 2.05) is 0 Å². The second-order valence-electron chi connectivity index (χ2n) is 2.63. The van der Waals surface area contributed by atoms with Crippen molar-refractivity contribution in [1.29, 1.82) is 0 Å². The standard InChI is InChI=1S/C7H17N/c1-4-5-6(2)7(3)8/h6-7H,4-5,8H2,1-3H3/t6?,7-/m0/s1. The van der Waals surface area contributed by atoms with E-state index in [1.54, 1.807) is 0 Å². The maximum absolute atomic E-state index is 5.62. The van der Waals surface area contributed by atoms with Crippen LogP contribution in [0, 0.1) is 5.92 Å². The fourth-order valence-corrected chi connectivity index (χ4v) is 0.718. The van der Waals surface area contributed by atoms with E-state index in [-0.39, 0.29) is 0 Å². The smallest absolute Gasteiger partial charge is 0.00361 e. The third kappa shape index (κ3) is 3.03. The van der Waals surface area contributed by atoms with E-state index in [0.717, 1.165) is 0 Å². The van der Waals surface area contributed by atoms with Crippen LogP contribution < -0.4 is 5.73 Å². The van der Waals surface area contributed by atoms with E-state index >= 15 is 0 Å². The minimum Gasteiger partial charge on any atom is -0.328 e. The summed E-state index contributed by atoms with van der Waals surface area (Å²) in [6, 6.07) is 0.370. The molecule has 2 N–H and O–H groups in total. The van der Waals surface area contributed by atoms with Crippen LogP contribution in [0.3, 0.4) is 0 Å². The van der Waals surface area contributed by atoms with Gasteiger partial charge < -0.3 is 5.73 Å². The highest BCUT2D eigenvalue weighted by Crippen LogP contribution is 2.06. The summed E-state index contributed by atoms with van der Waals surface area (Å²) in [6.07, 6.45) is 2.51. The highest BCUT2D eigenvalue weighted by molar-refractivity contribution is 4.61. The molecule has 0 aromatic heterocycles. The van der Waals surface area contributed by atoms with Crippen LogP contribution in [0.4, 0.5) is 0 Å². The molecule has 1 nitrogen and oxygen atoms in total. The summed E-state index contributed by atoms with van der Waals surface area (Å²) in [5.41, 5.74) is 5.62. The fourth-order valence-electron chi connectivity index (χ4n) is 0.718. The van der Waals surface area contributed by atoms with Crippen LogP contribution in [-0.2, 0) is 0 Å². The molecule has 0 rings (SSSR count). The molecule has 0 saturated heterocycles. The van der Waals surface area contributed by atoms with Crippen molar-refractivity contribution in [2.75, 3.05) is 0 Å². The minimum absolute atomic E-state index is 0.370. The van der Waals surface area contributed by atoms with Crippen LogP contribution in [-0.4, -0.2) is 6.04 Å². The first-order valence-corrected chi connectivity index (χ1v) is 3.44. The molecule has 2 atom stereocenters. The van der Waals surface area contributed by atoms with E-state index in [9.17, 15) is 0 Å². The zero-order valence-electron chi connectivity index (χ0n) is 6.15. The average molecular weight is 115 g/mol. The highest BCUT2D eigenvalue weighted by atomic mass is 14.6. The van der Waals surface area contributed by atoms with Crippen LogP contribution in [0.25, 0.3) is 0 Å². The van der Waals surface area contributed by atoms with Crippen molar-refractivity contribution in [3.63, 3.8) is 0 Å². The topological polar surface area (TPSA) is 26.0 Å². The first-order chi connectivity index (χ1) is 3.68. The number of nitrogens with two attached hydrogens (primary N) is 1. The van der Waals surface area contributed by atoms with E-state index in [1.165, 1.54) is 12.8 Å². The molecule has 0 saturated carbocycles. The third-order valence-corrected chi connectivity index (χ3v) is 1.64. The van der Waals surface area contributed by atoms with Crippen LogP contribution in [0.1, 0.15) is 33.6 Å². The monoisotopic (exact) mass is 115 g/mol. The minimum atomic E-state index is 0.370. The molecule has 8 heavy (non-hydrogen) atoms. The van der Waals surface area contributed by atoms with Gasteiger partial charge in [0.25, 0.3) is 0 Å². The summed E-state index contributed by atoms with van der Waals surface area (Å²) >= 11 is 0. The van der Waals surface area contributed by atoms with Crippen molar-refractivity contribution < 1.29 is 0 Å². The molecule has 0 aliphatic heterocycles. The molecule has 0 bridgehead atoms. The Labute approximate surface area is 52.3 Å². The van der Waals surface area contributed by atoms with Gasteiger partial charge in [0.05, 0.1) is 0 Å². The van der Waals surface area contributed by atoms with Crippen LogP contribution in [0.2, 0.25) is 0 Å². The van der Waals surface area contributed by atoms with Gasteiger partial charge in [0, 0.05) is 6.04 Å². The molecule has 0 aliphatic rings. The Balaban J connectivity index is 3.17. The predicted molar refractivity (Wildman–Crippen MR) is 37.7 cm³/mol. The van der Waals surface area contributed by atoms with Gasteiger partial charge in [0.15, 0.2) is 0 Å². The number of hydrogen-bond donors (Lipinski definition) is 1. The molecule has 50 valence electrons. The molecule has 0 radical (unpaired) electrons. The van der Waals surface area contributed by atoms with Gasteiger partial charge in [-0.1, -0.05) is 20.3 Å². The normalized spacial score (nSPS) is 18.0. The van der Waals surface area contributed by atoms with E-state index in [2.05, 4.69) is 20.8 Å². The Morgan fingerprint density at radius 2 is 1.88 bits per heavy atom. The Morgan fingerprint density at radius 3 is 2.00 bits per heavy atom. The molecule has 0 aliphatic carbocycles. The molecular formula is C7H17N. The molecule has 0 aromatic carbocycles. The van der Waals surface area contributed by atoms with E-state index in [0.29, 0.717) is 12.0 Å². The lowest BCUT2D eigenvalue weighted by molar-refractivity contribution is 0.446. The lowest BCUT2D eigenvalue weighted by Crippen LogP contribution is -2.23. The molecule has 0 fully saturated rings. The lowest BCUT2D eigenvalue weighted by atomic mass is 9.99. The van der Waals surface area contributed by atoms with Gasteiger partial charge in [-0.15, -0.1) is 0 Å². The van der Waals surface area contributed by atoms with Crippen LogP contribution in [0.5, 0.6) is 0 Å². The highest BCUT2D eigenvalue weighted by Gasteiger charge is 2.03. The van der Waals surface area contributed by atoms with Gasteiger partial charge in [0.2, 0.25) is 0 Å². The summed E-state index contributed by atoms with van der Waals surface area (Å²) in [5, 5.41) is 0. The number of rotatable bonds is 3. The first-order valence-electron chi connectivity index (χ1n) is 3.44. The molecule has 0 spiro atoms. The Kier molecular flexibility index (Phi) is 3.88. The Morgan fingerprint density at radius 1 is 1.38 bits per heavy atom. The summed E-state index contributed by atoms with van der Waals surface area (Å²) in [4.78, 5) is 0. The van der Waals surface area contributed by atoms with Crippen molar-refractivity contribution >= 4 is 0 Å². The van der Waals surface area contributed by atoms with E-state index < -0.39 is 0 Å². The van der Waals surface area contributed by atoms with Crippen molar-refractivity contribution in [2.24, 2.45) is 11.7 Å². The van der Waals surface area contributed by atoms with E-state index in [4.69, 9.17) is 5.73 Å². The molecule has 0 amide bonds. The largest absolute Gasteiger partial charge is 0.328 e. The maximum atomic E-state index is 5.62. The van der Waals surface area contributed by atoms with Crippen molar-refractivity contribution in [1.82, 2.24) is 0 Å². The zero-order chi connectivity index (χ0) is 6.57. The van der Waals surface area contributed by atoms with Crippen LogP contribution >= 0.6 is 0 Å². The molecular weight excluding hydrogens is 98.1 g/mol. The quantitative estimate of drug-likeness (QED) is 0.596. The second kappa shape index (κ2) is 3.90. The second-order valence-corrected chi connectivity index (χ2v) is 2.63. The lowest BCUT2D eigenvalue weighted by Gasteiger charge is -2.12. The summed E-state index contributed by atoms with van der Waals surface area (Å²) in [7, 11) is 0. The van der Waals surface area contributed by atoms with Gasteiger partial charge in [-0.3, -0.25) is 0 Å².